The Morgan fingerprint density at radius 3 is 2.32 bits per heavy atom. The monoisotopic (exact) mass is 623 g/mol. The van der Waals surface area contributed by atoms with Gasteiger partial charge in [0.2, 0.25) is 18.2 Å². The molecule has 0 aliphatic carbocycles. The summed E-state index contributed by atoms with van der Waals surface area (Å²) in [5.41, 5.74) is 11.6. The standard InChI is InChI=1S/C24H30N4O5S.C7H8.CH3NO/c25-22(26)17-12-19(34-15-17)14-27-23(30)20-13-24(32-10-11-33-24)16-28(20)21(29)8-4-5-9-31-18-6-2-1-3-7-18;1-7-5-3-2-4-6-7;2-1-3/h1-3,6-7,12,15,20H,4-5,8-11,13-14,16H2,(H3,25,26)(H,27,30);2-6H,1H3;1H,(H2,2,3). The summed E-state index contributed by atoms with van der Waals surface area (Å²) in [7, 11) is 0. The number of nitrogens with two attached hydrogens (primary N) is 2. The van der Waals surface area contributed by atoms with Crippen LogP contribution < -0.4 is 21.5 Å². The molecule has 6 N–H and O–H groups in total. The first kappa shape index (κ1) is 34.2. The molecular weight excluding hydrogens is 582 g/mol. The molecule has 2 saturated heterocycles. The Bertz CT molecular complexity index is 1330. The molecule has 2 fully saturated rings. The number of benzene rings is 2. The number of rotatable bonds is 10. The van der Waals surface area contributed by atoms with E-state index in [-0.39, 0.29) is 30.6 Å². The molecule has 3 aromatic rings. The Balaban J connectivity index is 0.000000453. The maximum Gasteiger partial charge on any atom is 0.243 e. The van der Waals surface area contributed by atoms with Crippen molar-refractivity contribution in [3.63, 3.8) is 0 Å². The van der Waals surface area contributed by atoms with Gasteiger partial charge in [0.05, 0.1) is 32.9 Å². The Morgan fingerprint density at radius 1 is 1.11 bits per heavy atom. The van der Waals surface area contributed by atoms with Crippen molar-refractivity contribution in [3.8, 4) is 5.75 Å². The molecule has 2 aromatic carbocycles. The topological polar surface area (TPSA) is 170 Å². The highest BCUT2D eigenvalue weighted by Gasteiger charge is 2.52. The number of hydrogen-bond donors (Lipinski definition) is 4. The summed E-state index contributed by atoms with van der Waals surface area (Å²) in [4.78, 5) is 37.2. The largest absolute Gasteiger partial charge is 0.494 e. The minimum absolute atomic E-state index is 0.00645. The van der Waals surface area contributed by atoms with Crippen molar-refractivity contribution in [2.24, 2.45) is 11.5 Å². The van der Waals surface area contributed by atoms with Gasteiger partial charge >= 0.3 is 0 Å². The van der Waals surface area contributed by atoms with E-state index in [4.69, 9.17) is 30.1 Å². The van der Waals surface area contributed by atoms with E-state index in [2.05, 4.69) is 30.1 Å². The number of carbonyl (C=O) groups excluding carboxylic acids is 3. The minimum atomic E-state index is -0.904. The fourth-order valence-corrected chi connectivity index (χ4v) is 5.53. The van der Waals surface area contributed by atoms with Gasteiger partial charge in [-0.05, 0) is 38.0 Å². The van der Waals surface area contributed by atoms with E-state index in [1.807, 2.05) is 48.5 Å². The number of amides is 3. The Hall–Kier alpha value is -4.26. The molecule has 3 amide bonds. The van der Waals surface area contributed by atoms with Crippen LogP contribution in [-0.4, -0.2) is 67.2 Å². The summed E-state index contributed by atoms with van der Waals surface area (Å²) in [6, 6.07) is 21.0. The number of nitrogen functional groups attached to an aromatic ring is 1. The molecule has 3 heterocycles. The van der Waals surface area contributed by atoms with Gasteiger partial charge in [-0.3, -0.25) is 19.8 Å². The van der Waals surface area contributed by atoms with Crippen molar-refractivity contribution >= 4 is 35.4 Å². The number of amidine groups is 1. The highest BCUT2D eigenvalue weighted by molar-refractivity contribution is 7.10. The highest BCUT2D eigenvalue weighted by atomic mass is 32.1. The molecule has 1 atom stereocenters. The molecule has 0 saturated carbocycles. The predicted octanol–water partition coefficient (Wildman–Crippen LogP) is 3.34. The minimum Gasteiger partial charge on any atom is -0.494 e. The third kappa shape index (κ3) is 10.8. The number of thiophene rings is 1. The van der Waals surface area contributed by atoms with E-state index in [0.29, 0.717) is 51.2 Å². The van der Waals surface area contributed by atoms with Gasteiger partial charge in [0.25, 0.3) is 0 Å². The maximum atomic E-state index is 13.0. The lowest BCUT2D eigenvalue weighted by molar-refractivity contribution is -0.152. The first-order valence-electron chi connectivity index (χ1n) is 14.4. The van der Waals surface area contributed by atoms with Gasteiger partial charge in [-0.2, -0.15) is 0 Å². The van der Waals surface area contributed by atoms with Crippen LogP contribution in [-0.2, 0) is 30.4 Å². The number of carbonyl (C=O) groups is 3. The maximum absolute atomic E-state index is 13.0. The molecule has 2 aliphatic heterocycles. The van der Waals surface area contributed by atoms with Gasteiger partial charge < -0.3 is 35.9 Å². The Morgan fingerprint density at radius 2 is 1.75 bits per heavy atom. The highest BCUT2D eigenvalue weighted by Crippen LogP contribution is 2.35. The number of primary amides is 1. The summed E-state index contributed by atoms with van der Waals surface area (Å²) in [5, 5.41) is 12.2. The lowest BCUT2D eigenvalue weighted by Gasteiger charge is -2.24. The van der Waals surface area contributed by atoms with Crippen LogP contribution in [0.25, 0.3) is 0 Å². The molecule has 1 unspecified atom stereocenters. The molecule has 11 nitrogen and oxygen atoms in total. The van der Waals surface area contributed by atoms with E-state index in [0.717, 1.165) is 17.0 Å². The zero-order valence-corrected chi connectivity index (χ0v) is 25.7. The number of nitrogens with zero attached hydrogens (tertiary/aromatic N) is 1. The summed E-state index contributed by atoms with van der Waals surface area (Å²) < 4.78 is 17.3. The SMILES string of the molecule is Cc1ccccc1.N=C(N)c1csc(CNC(=O)C2CC3(CN2C(=O)CCCCOc2ccccc2)OCCO3)c1.NC=O. The van der Waals surface area contributed by atoms with Crippen LogP contribution >= 0.6 is 11.3 Å². The van der Waals surface area contributed by atoms with Crippen LogP contribution in [0.2, 0.25) is 0 Å². The summed E-state index contributed by atoms with van der Waals surface area (Å²) in [6.07, 6.45) is 2.28. The Labute approximate surface area is 262 Å². The fourth-order valence-electron chi connectivity index (χ4n) is 4.71. The van der Waals surface area contributed by atoms with Crippen LogP contribution in [0.5, 0.6) is 5.75 Å². The Kier molecular flexibility index (Phi) is 13.8. The molecular formula is C32H41N5O6S. The average Bonchev–Trinajstić information content (AvgIpc) is 3.78. The number of nitrogens with one attached hydrogen (secondary N) is 2. The third-order valence-electron chi connectivity index (χ3n) is 6.87. The molecule has 0 radical (unpaired) electrons. The smallest absolute Gasteiger partial charge is 0.243 e. The summed E-state index contributed by atoms with van der Waals surface area (Å²) >= 11 is 1.43. The third-order valence-corrected chi connectivity index (χ3v) is 7.80. The number of unbranched alkanes of at least 4 members (excludes halogenated alkanes) is 1. The van der Waals surface area contributed by atoms with Crippen molar-refractivity contribution in [3.05, 3.63) is 88.1 Å². The van der Waals surface area contributed by atoms with Gasteiger partial charge in [0.1, 0.15) is 17.6 Å². The number of aryl methyl sites for hydroxylation is 1. The molecule has 12 heteroatoms. The van der Waals surface area contributed by atoms with Crippen LogP contribution in [0.1, 0.15) is 41.7 Å². The van der Waals surface area contributed by atoms with E-state index < -0.39 is 11.8 Å². The van der Waals surface area contributed by atoms with E-state index in [1.54, 1.807) is 16.3 Å². The molecule has 1 spiro atoms. The summed E-state index contributed by atoms with van der Waals surface area (Å²) in [6.45, 7) is 4.08. The van der Waals surface area contributed by atoms with E-state index in [1.165, 1.54) is 16.9 Å². The van der Waals surface area contributed by atoms with Crippen molar-refractivity contribution in [2.45, 2.75) is 51.0 Å². The van der Waals surface area contributed by atoms with E-state index in [9.17, 15) is 9.59 Å². The van der Waals surface area contributed by atoms with Gasteiger partial charge in [-0.25, -0.2) is 0 Å². The molecule has 2 aliphatic rings. The second-order valence-corrected chi connectivity index (χ2v) is 11.2. The van der Waals surface area contributed by atoms with Crippen molar-refractivity contribution in [1.82, 2.24) is 10.2 Å². The van der Waals surface area contributed by atoms with Gasteiger partial charge in [-0.15, -0.1) is 11.3 Å². The van der Waals surface area contributed by atoms with Gasteiger partial charge in [0, 0.05) is 28.7 Å². The lowest BCUT2D eigenvalue weighted by atomic mass is 10.1. The molecule has 44 heavy (non-hydrogen) atoms. The quantitative estimate of drug-likeness (QED) is 0.116. The van der Waals surface area contributed by atoms with E-state index >= 15 is 0 Å². The van der Waals surface area contributed by atoms with Crippen LogP contribution in [0.4, 0.5) is 0 Å². The lowest BCUT2D eigenvalue weighted by Crippen LogP contribution is -2.45. The summed E-state index contributed by atoms with van der Waals surface area (Å²) in [5.74, 6) is -0.434. The molecule has 0 bridgehead atoms. The van der Waals surface area contributed by atoms with Gasteiger partial charge in [0.15, 0.2) is 5.79 Å². The molecule has 1 aromatic heterocycles. The number of para-hydroxylation sites is 1. The first-order valence-corrected chi connectivity index (χ1v) is 15.3. The molecule has 5 rings (SSSR count). The number of likely N-dealkylation sites (tertiary alicyclic amines) is 1. The average molecular weight is 624 g/mol. The van der Waals surface area contributed by atoms with Crippen LogP contribution in [0, 0.1) is 12.3 Å². The number of ether oxygens (including phenoxy) is 3. The number of hydrogen-bond acceptors (Lipinski definition) is 8. The zero-order valence-electron chi connectivity index (χ0n) is 24.9. The fraction of sp³-hybridized carbons (Fsp3) is 0.375. The second kappa shape index (κ2) is 17.8. The van der Waals surface area contributed by atoms with Crippen molar-refractivity contribution in [1.29, 1.82) is 5.41 Å². The first-order chi connectivity index (χ1) is 21.3. The van der Waals surface area contributed by atoms with Crippen molar-refractivity contribution < 1.29 is 28.6 Å². The van der Waals surface area contributed by atoms with Crippen LogP contribution in [0.15, 0.2) is 72.1 Å². The normalized spacial score (nSPS) is 16.2. The van der Waals surface area contributed by atoms with Crippen LogP contribution in [0.3, 0.4) is 0 Å². The van der Waals surface area contributed by atoms with Gasteiger partial charge in [-0.1, -0.05) is 54.1 Å². The second-order valence-electron chi connectivity index (χ2n) is 10.2. The zero-order chi connectivity index (χ0) is 31.8. The molecule has 236 valence electrons. The predicted molar refractivity (Wildman–Crippen MR) is 169 cm³/mol. The van der Waals surface area contributed by atoms with Crippen molar-refractivity contribution in [2.75, 3.05) is 26.4 Å².